The van der Waals surface area contributed by atoms with Crippen LogP contribution in [0, 0.1) is 0 Å². The standard InChI is InChI=1S/C10H6F2O3S/c11-10(12)15-6-1-2-7-5(3-6)4-8(16-7)9(13)14/h1-4,10H,(H,13,14). The van der Waals surface area contributed by atoms with Crippen molar-refractivity contribution in [1.29, 1.82) is 0 Å². The second kappa shape index (κ2) is 4.05. The van der Waals surface area contributed by atoms with Gasteiger partial charge >= 0.3 is 12.6 Å². The third-order valence-electron chi connectivity index (χ3n) is 1.92. The Hall–Kier alpha value is -1.69. The van der Waals surface area contributed by atoms with E-state index in [0.717, 1.165) is 16.0 Å². The molecule has 3 nitrogen and oxygen atoms in total. The summed E-state index contributed by atoms with van der Waals surface area (Å²) >= 11 is 1.09. The van der Waals surface area contributed by atoms with E-state index in [9.17, 15) is 13.6 Å². The fourth-order valence-corrected chi connectivity index (χ4v) is 2.18. The normalized spacial score (nSPS) is 10.9. The van der Waals surface area contributed by atoms with Crippen LogP contribution in [0.2, 0.25) is 0 Å². The largest absolute Gasteiger partial charge is 0.477 e. The number of hydrogen-bond donors (Lipinski definition) is 1. The molecule has 16 heavy (non-hydrogen) atoms. The zero-order valence-electron chi connectivity index (χ0n) is 7.81. The van der Waals surface area contributed by atoms with Gasteiger partial charge in [-0.25, -0.2) is 4.79 Å². The van der Waals surface area contributed by atoms with Crippen LogP contribution >= 0.6 is 11.3 Å². The molecule has 0 saturated heterocycles. The van der Waals surface area contributed by atoms with Crippen LogP contribution in [0.4, 0.5) is 8.78 Å². The quantitative estimate of drug-likeness (QED) is 0.901. The average Bonchev–Trinajstić information content (AvgIpc) is 2.59. The molecule has 0 spiro atoms. The summed E-state index contributed by atoms with van der Waals surface area (Å²) in [5, 5.41) is 9.34. The van der Waals surface area contributed by atoms with Gasteiger partial charge in [-0.2, -0.15) is 8.78 Å². The minimum atomic E-state index is -2.88. The lowest BCUT2D eigenvalue weighted by Gasteiger charge is -2.03. The number of ether oxygens (including phenoxy) is 1. The number of fused-ring (bicyclic) bond motifs is 1. The molecule has 0 bridgehead atoms. The Morgan fingerprint density at radius 2 is 2.12 bits per heavy atom. The molecular formula is C10H6F2O3S. The molecule has 84 valence electrons. The van der Waals surface area contributed by atoms with Crippen molar-refractivity contribution in [2.24, 2.45) is 0 Å². The molecule has 0 amide bonds. The number of alkyl halides is 2. The van der Waals surface area contributed by atoms with E-state index in [1.54, 1.807) is 6.07 Å². The van der Waals surface area contributed by atoms with Crippen LogP contribution in [0.1, 0.15) is 9.67 Å². The van der Waals surface area contributed by atoms with E-state index in [0.29, 0.717) is 5.39 Å². The summed E-state index contributed by atoms with van der Waals surface area (Å²) in [6, 6.07) is 5.77. The van der Waals surface area contributed by atoms with E-state index >= 15 is 0 Å². The first kappa shape index (κ1) is 10.8. The summed E-state index contributed by atoms with van der Waals surface area (Å²) in [5.41, 5.74) is 0. The summed E-state index contributed by atoms with van der Waals surface area (Å²) in [5.74, 6) is -1.00. The van der Waals surface area contributed by atoms with Gasteiger partial charge in [0, 0.05) is 4.70 Å². The lowest BCUT2D eigenvalue weighted by Crippen LogP contribution is -2.01. The molecule has 1 aromatic heterocycles. The van der Waals surface area contributed by atoms with Crippen LogP contribution in [-0.4, -0.2) is 17.7 Å². The molecule has 2 aromatic rings. The second-order valence-electron chi connectivity index (χ2n) is 2.99. The smallest absolute Gasteiger partial charge is 0.387 e. The van der Waals surface area contributed by atoms with Crippen molar-refractivity contribution in [3.8, 4) is 5.75 Å². The minimum absolute atomic E-state index is 0.0252. The third kappa shape index (κ3) is 2.11. The fourth-order valence-electron chi connectivity index (χ4n) is 1.30. The van der Waals surface area contributed by atoms with E-state index in [1.165, 1.54) is 18.2 Å². The van der Waals surface area contributed by atoms with Gasteiger partial charge in [-0.3, -0.25) is 0 Å². The maximum absolute atomic E-state index is 11.9. The van der Waals surface area contributed by atoms with Crippen molar-refractivity contribution in [3.05, 3.63) is 29.1 Å². The Labute approximate surface area is 92.9 Å². The minimum Gasteiger partial charge on any atom is -0.477 e. The molecule has 2 rings (SSSR count). The second-order valence-corrected chi connectivity index (χ2v) is 4.08. The molecule has 1 aromatic carbocycles. The van der Waals surface area contributed by atoms with E-state index in [1.807, 2.05) is 0 Å². The molecular weight excluding hydrogens is 238 g/mol. The van der Waals surface area contributed by atoms with Crippen molar-refractivity contribution >= 4 is 27.4 Å². The molecule has 0 saturated carbocycles. The Bertz CT molecular complexity index is 536. The highest BCUT2D eigenvalue weighted by Gasteiger charge is 2.10. The summed E-state index contributed by atoms with van der Waals surface area (Å²) < 4.78 is 28.8. The lowest BCUT2D eigenvalue weighted by molar-refractivity contribution is -0.0497. The van der Waals surface area contributed by atoms with Crippen LogP contribution < -0.4 is 4.74 Å². The molecule has 0 fully saturated rings. The maximum Gasteiger partial charge on any atom is 0.387 e. The van der Waals surface area contributed by atoms with Gasteiger partial charge in [0.25, 0.3) is 0 Å². The Morgan fingerprint density at radius 1 is 1.38 bits per heavy atom. The number of halogens is 2. The highest BCUT2D eigenvalue weighted by atomic mass is 32.1. The number of carboxylic acids is 1. The highest BCUT2D eigenvalue weighted by molar-refractivity contribution is 7.20. The topological polar surface area (TPSA) is 46.5 Å². The predicted octanol–water partition coefficient (Wildman–Crippen LogP) is 3.20. The molecule has 1 N–H and O–H groups in total. The van der Waals surface area contributed by atoms with Crippen LogP contribution in [-0.2, 0) is 0 Å². The first-order valence-electron chi connectivity index (χ1n) is 4.28. The molecule has 0 aliphatic heterocycles. The van der Waals surface area contributed by atoms with Crippen molar-refractivity contribution in [2.75, 3.05) is 0 Å². The van der Waals surface area contributed by atoms with E-state index in [-0.39, 0.29) is 10.6 Å². The fraction of sp³-hybridized carbons (Fsp3) is 0.100. The Balaban J connectivity index is 2.41. The van der Waals surface area contributed by atoms with E-state index in [4.69, 9.17) is 5.11 Å². The summed E-state index contributed by atoms with van der Waals surface area (Å²) in [6.07, 6.45) is 0. The molecule has 0 aliphatic rings. The number of rotatable bonds is 3. The predicted molar refractivity (Wildman–Crippen MR) is 55.4 cm³/mol. The first-order chi connectivity index (χ1) is 7.56. The van der Waals surface area contributed by atoms with Gasteiger partial charge in [0.2, 0.25) is 0 Å². The van der Waals surface area contributed by atoms with Gasteiger partial charge in [0.05, 0.1) is 0 Å². The van der Waals surface area contributed by atoms with Crippen LogP contribution in [0.15, 0.2) is 24.3 Å². The van der Waals surface area contributed by atoms with E-state index in [2.05, 4.69) is 4.74 Å². The number of hydrogen-bond acceptors (Lipinski definition) is 3. The zero-order valence-corrected chi connectivity index (χ0v) is 8.63. The summed E-state index contributed by atoms with van der Waals surface area (Å²) in [6.45, 7) is -2.88. The van der Waals surface area contributed by atoms with Crippen molar-refractivity contribution < 1.29 is 23.4 Å². The van der Waals surface area contributed by atoms with Gasteiger partial charge in [-0.15, -0.1) is 11.3 Å². The van der Waals surface area contributed by atoms with Gasteiger partial charge < -0.3 is 9.84 Å². The van der Waals surface area contributed by atoms with Crippen LogP contribution in [0.25, 0.3) is 10.1 Å². The van der Waals surface area contributed by atoms with Gasteiger partial charge in [-0.1, -0.05) is 0 Å². The molecule has 0 radical (unpaired) electrons. The Morgan fingerprint density at radius 3 is 2.75 bits per heavy atom. The van der Waals surface area contributed by atoms with Gasteiger partial charge in [0.1, 0.15) is 10.6 Å². The van der Waals surface area contributed by atoms with Crippen LogP contribution in [0.5, 0.6) is 5.75 Å². The summed E-state index contributed by atoms with van der Waals surface area (Å²) in [4.78, 5) is 10.9. The zero-order chi connectivity index (χ0) is 11.7. The maximum atomic E-state index is 11.9. The number of carboxylic acid groups (broad SMARTS) is 1. The number of thiophene rings is 1. The summed E-state index contributed by atoms with van der Waals surface area (Å²) in [7, 11) is 0. The molecule has 0 unspecified atom stereocenters. The monoisotopic (exact) mass is 244 g/mol. The van der Waals surface area contributed by atoms with Gasteiger partial charge in [-0.05, 0) is 29.7 Å². The molecule has 0 atom stereocenters. The number of benzene rings is 1. The Kier molecular flexibility index (Phi) is 2.74. The highest BCUT2D eigenvalue weighted by Crippen LogP contribution is 2.29. The van der Waals surface area contributed by atoms with Crippen LogP contribution in [0.3, 0.4) is 0 Å². The average molecular weight is 244 g/mol. The van der Waals surface area contributed by atoms with Gasteiger partial charge in [0.15, 0.2) is 0 Å². The SMILES string of the molecule is O=C(O)c1cc2cc(OC(F)F)ccc2s1. The van der Waals surface area contributed by atoms with Crippen molar-refractivity contribution in [3.63, 3.8) is 0 Å². The van der Waals surface area contributed by atoms with Crippen molar-refractivity contribution in [2.45, 2.75) is 6.61 Å². The van der Waals surface area contributed by atoms with Crippen molar-refractivity contribution in [1.82, 2.24) is 0 Å². The number of carbonyl (C=O) groups is 1. The third-order valence-corrected chi connectivity index (χ3v) is 3.03. The lowest BCUT2D eigenvalue weighted by atomic mass is 10.2. The molecule has 1 heterocycles. The van der Waals surface area contributed by atoms with E-state index < -0.39 is 12.6 Å². The first-order valence-corrected chi connectivity index (χ1v) is 5.09. The molecule has 0 aliphatic carbocycles. The molecule has 6 heteroatoms. The number of aromatic carboxylic acids is 1.